The highest BCUT2D eigenvalue weighted by Gasteiger charge is 2.30. The van der Waals surface area contributed by atoms with Crippen molar-refractivity contribution < 1.29 is 22.7 Å². The smallest absolute Gasteiger partial charge is 0.337 e. The number of hydrogen-bond acceptors (Lipinski definition) is 5. The molecule has 1 unspecified atom stereocenters. The van der Waals surface area contributed by atoms with E-state index in [1.54, 1.807) is 49.5 Å². The second-order valence-electron chi connectivity index (χ2n) is 5.84. The van der Waals surface area contributed by atoms with Gasteiger partial charge in [0.15, 0.2) is 0 Å². The van der Waals surface area contributed by atoms with Crippen LogP contribution in [0.15, 0.2) is 53.4 Å². The lowest BCUT2D eigenvalue weighted by molar-refractivity contribution is 0.0601. The molecule has 3 rings (SSSR count). The summed E-state index contributed by atoms with van der Waals surface area (Å²) in [6.07, 6.45) is -0.0142. The number of esters is 1. The Hall–Kier alpha value is -2.22. The molecule has 1 fully saturated rings. The van der Waals surface area contributed by atoms with Gasteiger partial charge in [-0.1, -0.05) is 24.3 Å². The highest BCUT2D eigenvalue weighted by molar-refractivity contribution is 7.89. The van der Waals surface area contributed by atoms with Crippen LogP contribution in [-0.2, 0) is 19.5 Å². The zero-order valence-corrected chi connectivity index (χ0v) is 14.8. The molecule has 0 radical (unpaired) electrons. The van der Waals surface area contributed by atoms with Crippen LogP contribution in [0.1, 0.15) is 10.4 Å². The number of hydrogen-bond donors (Lipinski definition) is 0. The van der Waals surface area contributed by atoms with E-state index >= 15 is 0 Å². The average Bonchev–Trinajstić information content (AvgIpc) is 3.45. The van der Waals surface area contributed by atoms with Crippen molar-refractivity contribution in [1.29, 1.82) is 0 Å². The predicted octanol–water partition coefficient (Wildman–Crippen LogP) is 2.16. The molecule has 0 saturated carbocycles. The topological polar surface area (TPSA) is 76.2 Å². The lowest BCUT2D eigenvalue weighted by Crippen LogP contribution is -2.30. The average molecular weight is 361 g/mol. The summed E-state index contributed by atoms with van der Waals surface area (Å²) < 4.78 is 36.5. The first-order chi connectivity index (χ1) is 11.9. The molecule has 6 nitrogen and oxygen atoms in total. The number of benzene rings is 2. The minimum Gasteiger partial charge on any atom is -0.465 e. The summed E-state index contributed by atoms with van der Waals surface area (Å²) >= 11 is 0. The van der Waals surface area contributed by atoms with Crippen LogP contribution in [0.3, 0.4) is 0 Å². The van der Waals surface area contributed by atoms with E-state index in [4.69, 9.17) is 9.47 Å². The Balaban J connectivity index is 1.92. The molecule has 7 heteroatoms. The summed E-state index contributed by atoms with van der Waals surface area (Å²) in [6.45, 7) is 0.935. The van der Waals surface area contributed by atoms with E-state index in [2.05, 4.69) is 0 Å². The molecule has 1 aliphatic heterocycles. The fourth-order valence-electron chi connectivity index (χ4n) is 2.52. The van der Waals surface area contributed by atoms with Gasteiger partial charge in [0.2, 0.25) is 10.0 Å². The maximum Gasteiger partial charge on any atom is 0.337 e. The van der Waals surface area contributed by atoms with Crippen molar-refractivity contribution in [2.24, 2.45) is 0 Å². The van der Waals surface area contributed by atoms with Crippen LogP contribution in [0.2, 0.25) is 0 Å². The van der Waals surface area contributed by atoms with E-state index in [1.165, 1.54) is 11.4 Å². The van der Waals surface area contributed by atoms with Crippen LogP contribution in [0.25, 0.3) is 11.1 Å². The van der Waals surface area contributed by atoms with Crippen molar-refractivity contribution in [1.82, 2.24) is 4.31 Å². The number of carbonyl (C=O) groups is 1. The van der Waals surface area contributed by atoms with Gasteiger partial charge in [0.05, 0.1) is 30.3 Å². The van der Waals surface area contributed by atoms with E-state index in [0.717, 1.165) is 5.56 Å². The Bertz CT molecular complexity index is 890. The molecule has 0 aliphatic carbocycles. The molecule has 1 atom stereocenters. The molecule has 0 amide bonds. The number of carbonyl (C=O) groups excluding carboxylic acids is 1. The zero-order valence-electron chi connectivity index (χ0n) is 14.0. The minimum absolute atomic E-state index is 0.0142. The third-order valence-electron chi connectivity index (χ3n) is 4.02. The molecule has 1 aliphatic rings. The molecule has 2 aromatic rings. The second-order valence-corrected chi connectivity index (χ2v) is 7.89. The molecule has 2 aromatic carbocycles. The Morgan fingerprint density at radius 2 is 1.84 bits per heavy atom. The van der Waals surface area contributed by atoms with Gasteiger partial charge >= 0.3 is 5.97 Å². The molecule has 0 N–H and O–H groups in total. The first-order valence-corrected chi connectivity index (χ1v) is 9.22. The molecule has 0 spiro atoms. The number of likely N-dealkylation sites (N-methyl/N-ethyl adjacent to an activating group) is 1. The summed E-state index contributed by atoms with van der Waals surface area (Å²) in [6, 6.07) is 13.6. The largest absolute Gasteiger partial charge is 0.465 e. The van der Waals surface area contributed by atoms with E-state index in [-0.39, 0.29) is 11.0 Å². The van der Waals surface area contributed by atoms with E-state index < -0.39 is 16.0 Å². The Labute approximate surface area is 147 Å². The van der Waals surface area contributed by atoms with Crippen molar-refractivity contribution >= 4 is 16.0 Å². The molecule has 1 saturated heterocycles. The first-order valence-electron chi connectivity index (χ1n) is 7.78. The summed E-state index contributed by atoms with van der Waals surface area (Å²) in [7, 11) is -0.730. The maximum atomic E-state index is 12.7. The van der Waals surface area contributed by atoms with Crippen LogP contribution >= 0.6 is 0 Å². The highest BCUT2D eigenvalue weighted by Crippen LogP contribution is 2.25. The summed E-state index contributed by atoms with van der Waals surface area (Å²) in [5.41, 5.74) is 1.87. The number of epoxide rings is 1. The van der Waals surface area contributed by atoms with Crippen molar-refractivity contribution in [3.63, 3.8) is 0 Å². The van der Waals surface area contributed by atoms with E-state index in [9.17, 15) is 13.2 Å². The number of ether oxygens (including phenoxy) is 2. The van der Waals surface area contributed by atoms with Gasteiger partial charge < -0.3 is 9.47 Å². The van der Waals surface area contributed by atoms with Crippen LogP contribution in [0.4, 0.5) is 0 Å². The third-order valence-corrected chi connectivity index (χ3v) is 5.84. The van der Waals surface area contributed by atoms with Crippen molar-refractivity contribution in [2.75, 3.05) is 27.3 Å². The number of sulfonamides is 1. The minimum atomic E-state index is -3.59. The van der Waals surface area contributed by atoms with Crippen LogP contribution in [-0.4, -0.2) is 52.1 Å². The molecular weight excluding hydrogens is 342 g/mol. The summed E-state index contributed by atoms with van der Waals surface area (Å²) in [5, 5.41) is 0. The van der Waals surface area contributed by atoms with Crippen LogP contribution in [0.5, 0.6) is 0 Å². The molecule has 1 heterocycles. The quantitative estimate of drug-likeness (QED) is 0.582. The highest BCUT2D eigenvalue weighted by atomic mass is 32.2. The summed E-state index contributed by atoms with van der Waals surface area (Å²) in [5.74, 6) is -0.435. The summed E-state index contributed by atoms with van der Waals surface area (Å²) in [4.78, 5) is 11.9. The number of rotatable bonds is 6. The predicted molar refractivity (Wildman–Crippen MR) is 92.8 cm³/mol. The van der Waals surface area contributed by atoms with E-state index in [0.29, 0.717) is 24.3 Å². The van der Waals surface area contributed by atoms with Gasteiger partial charge in [-0.3, -0.25) is 0 Å². The van der Waals surface area contributed by atoms with Gasteiger partial charge in [0.1, 0.15) is 0 Å². The van der Waals surface area contributed by atoms with Crippen LogP contribution in [0, 0.1) is 0 Å². The lowest BCUT2D eigenvalue weighted by atomic mass is 10.0. The standard InChI is InChI=1S/C18H19NO5S/c1-19(11-16-12-24-16)25(21,22)17-8-4-6-14(10-17)13-5-3-7-15(9-13)18(20)23-2/h3-10,16H,11-12H2,1-2H3. The first kappa shape index (κ1) is 17.6. The number of methoxy groups -OCH3 is 1. The molecule has 0 bridgehead atoms. The Morgan fingerprint density at radius 1 is 1.20 bits per heavy atom. The monoisotopic (exact) mass is 361 g/mol. The SMILES string of the molecule is COC(=O)c1cccc(-c2cccc(S(=O)(=O)N(C)CC3CO3)c2)c1. The van der Waals surface area contributed by atoms with Gasteiger partial charge in [0, 0.05) is 13.6 Å². The van der Waals surface area contributed by atoms with Crippen molar-refractivity contribution in [2.45, 2.75) is 11.0 Å². The fourth-order valence-corrected chi connectivity index (χ4v) is 3.77. The Kier molecular flexibility index (Phi) is 4.89. The maximum absolute atomic E-state index is 12.7. The normalized spacial score (nSPS) is 16.7. The van der Waals surface area contributed by atoms with Crippen molar-refractivity contribution in [3.8, 4) is 11.1 Å². The van der Waals surface area contributed by atoms with E-state index in [1.807, 2.05) is 6.07 Å². The van der Waals surface area contributed by atoms with Gasteiger partial charge in [-0.2, -0.15) is 4.31 Å². The van der Waals surface area contributed by atoms with Crippen LogP contribution < -0.4 is 0 Å². The zero-order chi connectivity index (χ0) is 18.0. The van der Waals surface area contributed by atoms with Crippen molar-refractivity contribution in [3.05, 3.63) is 54.1 Å². The molecule has 0 aromatic heterocycles. The fraction of sp³-hybridized carbons (Fsp3) is 0.278. The number of nitrogens with zero attached hydrogens (tertiary/aromatic N) is 1. The third kappa shape index (κ3) is 3.89. The Morgan fingerprint density at radius 3 is 2.48 bits per heavy atom. The van der Waals surface area contributed by atoms with Gasteiger partial charge in [-0.15, -0.1) is 0 Å². The van der Waals surface area contributed by atoms with Gasteiger partial charge in [0.25, 0.3) is 0 Å². The van der Waals surface area contributed by atoms with Gasteiger partial charge in [-0.25, -0.2) is 13.2 Å². The second kappa shape index (κ2) is 6.95. The molecule has 132 valence electrons. The van der Waals surface area contributed by atoms with Gasteiger partial charge in [-0.05, 0) is 35.4 Å². The molecule has 25 heavy (non-hydrogen) atoms. The molecular formula is C18H19NO5S. The lowest BCUT2D eigenvalue weighted by Gasteiger charge is -2.16.